The summed E-state index contributed by atoms with van der Waals surface area (Å²) in [6.07, 6.45) is 4.65. The summed E-state index contributed by atoms with van der Waals surface area (Å²) in [4.78, 5) is 27.2. The van der Waals surface area contributed by atoms with Crippen molar-refractivity contribution in [3.8, 4) is 5.75 Å². The van der Waals surface area contributed by atoms with Crippen molar-refractivity contribution in [3.05, 3.63) is 41.5 Å². The van der Waals surface area contributed by atoms with Gasteiger partial charge in [-0.1, -0.05) is 37.6 Å². The lowest BCUT2D eigenvalue weighted by molar-refractivity contribution is -0.138. The van der Waals surface area contributed by atoms with Gasteiger partial charge in [-0.15, -0.1) is 0 Å². The van der Waals surface area contributed by atoms with Crippen molar-refractivity contribution < 1.29 is 23.8 Å². The summed E-state index contributed by atoms with van der Waals surface area (Å²) in [7, 11) is 3.01. The highest BCUT2D eigenvalue weighted by atomic mass is 16.5. The largest absolute Gasteiger partial charge is 0.489 e. The van der Waals surface area contributed by atoms with Gasteiger partial charge in [0.2, 0.25) is 5.91 Å². The van der Waals surface area contributed by atoms with E-state index in [9.17, 15) is 9.59 Å². The number of carbonyl (C=O) groups is 2. The molecule has 1 amide bonds. The van der Waals surface area contributed by atoms with Crippen LogP contribution in [0, 0.1) is 0 Å². The number of nitrogens with zero attached hydrogens (tertiary/aromatic N) is 1. The van der Waals surface area contributed by atoms with E-state index in [4.69, 9.17) is 14.2 Å². The third-order valence-electron chi connectivity index (χ3n) is 5.51. The number of unbranched alkanes of at least 4 members (excludes halogenated alkanes) is 1. The molecule has 0 aromatic heterocycles. The van der Waals surface area contributed by atoms with E-state index in [-0.39, 0.29) is 29.9 Å². The summed E-state index contributed by atoms with van der Waals surface area (Å²) < 4.78 is 16.4. The van der Waals surface area contributed by atoms with Crippen LogP contribution in [0.2, 0.25) is 0 Å². The molecule has 28 heavy (non-hydrogen) atoms. The average Bonchev–Trinajstić information content (AvgIpc) is 3.09. The van der Waals surface area contributed by atoms with Crippen molar-refractivity contribution in [2.45, 2.75) is 50.7 Å². The number of ether oxygens (including phenoxy) is 3. The van der Waals surface area contributed by atoms with Gasteiger partial charge in [0.25, 0.3) is 0 Å². The van der Waals surface area contributed by atoms with Crippen LogP contribution >= 0.6 is 0 Å². The molecule has 1 aliphatic heterocycles. The SMILES string of the molecule is CCCCC(=O)N(CCOC)C1C=C(C(=O)OC)C2c3ccccc3OC2C1. The number of hydrogen-bond donors (Lipinski definition) is 0. The van der Waals surface area contributed by atoms with Crippen molar-refractivity contribution in [1.29, 1.82) is 0 Å². The van der Waals surface area contributed by atoms with E-state index in [0.717, 1.165) is 24.2 Å². The molecule has 2 aliphatic rings. The third kappa shape index (κ3) is 4.07. The molecule has 3 unspecified atom stereocenters. The monoisotopic (exact) mass is 387 g/mol. The fourth-order valence-electron chi connectivity index (χ4n) is 4.11. The van der Waals surface area contributed by atoms with Crippen molar-refractivity contribution in [3.63, 3.8) is 0 Å². The Labute approximate surface area is 166 Å². The van der Waals surface area contributed by atoms with Crippen LogP contribution in [0.3, 0.4) is 0 Å². The zero-order valence-electron chi connectivity index (χ0n) is 16.8. The number of hydrogen-bond acceptors (Lipinski definition) is 5. The van der Waals surface area contributed by atoms with Gasteiger partial charge in [0.15, 0.2) is 0 Å². The highest BCUT2D eigenvalue weighted by Crippen LogP contribution is 2.47. The molecule has 1 aromatic rings. The lowest BCUT2D eigenvalue weighted by Gasteiger charge is -2.37. The Bertz CT molecular complexity index is 744. The van der Waals surface area contributed by atoms with Crippen LogP contribution in [0.5, 0.6) is 5.75 Å². The van der Waals surface area contributed by atoms with Crippen LogP contribution in [-0.2, 0) is 19.1 Å². The molecule has 1 aromatic carbocycles. The molecule has 0 saturated heterocycles. The van der Waals surface area contributed by atoms with Crippen molar-refractivity contribution >= 4 is 11.9 Å². The first-order valence-electron chi connectivity index (χ1n) is 9.94. The topological polar surface area (TPSA) is 65.1 Å². The molecular weight excluding hydrogens is 358 g/mol. The number of fused-ring (bicyclic) bond motifs is 3. The number of rotatable bonds is 8. The van der Waals surface area contributed by atoms with Crippen LogP contribution < -0.4 is 4.74 Å². The van der Waals surface area contributed by atoms with E-state index < -0.39 is 0 Å². The van der Waals surface area contributed by atoms with Crippen LogP contribution in [0.25, 0.3) is 0 Å². The number of amides is 1. The van der Waals surface area contributed by atoms with Gasteiger partial charge in [-0.05, 0) is 12.5 Å². The maximum absolute atomic E-state index is 12.8. The van der Waals surface area contributed by atoms with Gasteiger partial charge in [-0.2, -0.15) is 0 Å². The summed E-state index contributed by atoms with van der Waals surface area (Å²) in [5.41, 5.74) is 1.57. The van der Waals surface area contributed by atoms with Gasteiger partial charge in [-0.3, -0.25) is 4.79 Å². The number of esters is 1. The lowest BCUT2D eigenvalue weighted by atomic mass is 9.79. The third-order valence-corrected chi connectivity index (χ3v) is 5.51. The molecule has 3 rings (SSSR count). The van der Waals surface area contributed by atoms with Crippen molar-refractivity contribution in [1.82, 2.24) is 4.90 Å². The van der Waals surface area contributed by atoms with Crippen molar-refractivity contribution in [2.75, 3.05) is 27.4 Å². The first-order valence-corrected chi connectivity index (χ1v) is 9.94. The summed E-state index contributed by atoms with van der Waals surface area (Å²) in [5.74, 6) is 0.356. The first kappa shape index (κ1) is 20.4. The predicted molar refractivity (Wildman–Crippen MR) is 105 cm³/mol. The Morgan fingerprint density at radius 3 is 2.75 bits per heavy atom. The number of carbonyl (C=O) groups excluding carboxylic acids is 2. The predicted octanol–water partition coefficient (Wildman–Crippen LogP) is 3.07. The second-order valence-corrected chi connectivity index (χ2v) is 7.27. The van der Waals surface area contributed by atoms with Gasteiger partial charge in [-0.25, -0.2) is 4.79 Å². The molecule has 6 nitrogen and oxygen atoms in total. The molecule has 152 valence electrons. The number of benzene rings is 1. The molecular formula is C22H29NO5. The number of para-hydroxylation sites is 1. The lowest BCUT2D eigenvalue weighted by Crippen LogP contribution is -2.46. The summed E-state index contributed by atoms with van der Waals surface area (Å²) in [5, 5.41) is 0. The van der Waals surface area contributed by atoms with E-state index in [2.05, 4.69) is 6.92 Å². The van der Waals surface area contributed by atoms with Crippen molar-refractivity contribution in [2.24, 2.45) is 0 Å². The number of methoxy groups -OCH3 is 2. The van der Waals surface area contributed by atoms with Crippen LogP contribution in [0.4, 0.5) is 0 Å². The highest BCUT2D eigenvalue weighted by molar-refractivity contribution is 5.91. The average molecular weight is 387 g/mol. The molecule has 3 atom stereocenters. The van der Waals surface area contributed by atoms with Gasteiger partial charge in [0, 0.05) is 37.6 Å². The minimum atomic E-state index is -0.368. The summed E-state index contributed by atoms with van der Waals surface area (Å²) in [6.45, 7) is 3.00. The molecule has 6 heteroatoms. The Balaban J connectivity index is 1.92. The molecule has 1 heterocycles. The van der Waals surface area contributed by atoms with E-state index in [1.54, 1.807) is 7.11 Å². The molecule has 0 N–H and O–H groups in total. The molecule has 0 spiro atoms. The molecule has 0 bridgehead atoms. The molecule has 0 fully saturated rings. The zero-order chi connectivity index (χ0) is 20.1. The quantitative estimate of drug-likeness (QED) is 0.642. The molecule has 1 aliphatic carbocycles. The highest BCUT2D eigenvalue weighted by Gasteiger charge is 2.45. The van der Waals surface area contributed by atoms with E-state index in [1.807, 2.05) is 35.2 Å². The maximum atomic E-state index is 12.8. The minimum absolute atomic E-state index is 0.0818. The fraction of sp³-hybridized carbons (Fsp3) is 0.545. The van der Waals surface area contributed by atoms with Crippen LogP contribution in [0.15, 0.2) is 35.9 Å². The second kappa shape index (κ2) is 9.24. The smallest absolute Gasteiger partial charge is 0.334 e. The fourth-order valence-corrected chi connectivity index (χ4v) is 4.11. The van der Waals surface area contributed by atoms with E-state index in [0.29, 0.717) is 31.6 Å². The second-order valence-electron chi connectivity index (χ2n) is 7.27. The Morgan fingerprint density at radius 1 is 1.25 bits per heavy atom. The van der Waals surface area contributed by atoms with Crippen LogP contribution in [-0.4, -0.2) is 56.3 Å². The molecule has 0 radical (unpaired) electrons. The zero-order valence-corrected chi connectivity index (χ0v) is 16.8. The van der Waals surface area contributed by atoms with E-state index >= 15 is 0 Å². The summed E-state index contributed by atoms with van der Waals surface area (Å²) >= 11 is 0. The first-order chi connectivity index (χ1) is 13.6. The van der Waals surface area contributed by atoms with Crippen LogP contribution in [0.1, 0.15) is 44.1 Å². The Kier molecular flexibility index (Phi) is 6.73. The van der Waals surface area contributed by atoms with Gasteiger partial charge < -0.3 is 19.1 Å². The maximum Gasteiger partial charge on any atom is 0.334 e. The standard InChI is InChI=1S/C22H29NO5/c1-4-5-10-20(24)23(11-12-26-2)15-13-17(22(25)27-3)21-16-8-6-7-9-18(16)28-19(21)14-15/h6-9,13,15,19,21H,4-5,10-12,14H2,1-3H3. The molecule has 0 saturated carbocycles. The van der Waals surface area contributed by atoms with Gasteiger partial charge in [0.1, 0.15) is 11.9 Å². The van der Waals surface area contributed by atoms with Gasteiger partial charge >= 0.3 is 5.97 Å². The normalized spacial score (nSPS) is 22.5. The minimum Gasteiger partial charge on any atom is -0.489 e. The van der Waals surface area contributed by atoms with E-state index in [1.165, 1.54) is 7.11 Å². The Hall–Kier alpha value is -2.34. The van der Waals surface area contributed by atoms with Gasteiger partial charge in [0.05, 0.1) is 25.7 Å². The Morgan fingerprint density at radius 2 is 2.04 bits per heavy atom. The summed E-state index contributed by atoms with van der Waals surface area (Å²) in [6, 6.07) is 7.57.